The normalized spacial score (nSPS) is 59.6. The Kier molecular flexibility index (Phi) is 4.80. The molecule has 7 aliphatic rings. The van der Waals surface area contributed by atoms with Crippen LogP contribution >= 0.6 is 0 Å². The average molecular weight is 526 g/mol. The van der Waals surface area contributed by atoms with Gasteiger partial charge in [0.1, 0.15) is 48.1 Å². The van der Waals surface area contributed by atoms with Crippen LogP contribution in [0.4, 0.5) is 0 Å². The standard InChI is InChI=1S/C24H30O13/c1-6(32-20-12(29)11(28)10(27)7(5-25)33-20)17-24-8(4-9(26)34-17)22(2)15-13(19(24)37-24)36-21(31)23(15,3)16(30)14-18(22)35-14/h4,6-7,10-20,25,27-30H,5H2,1-3H3/t6-,7+,10+,11+,12+,13-,14-,15?,16-,17+,18-,19+,20+,22+,23+,24+/m0/s1. The number of ether oxygens (including phenoxy) is 6. The zero-order valence-electron chi connectivity index (χ0n) is 20.3. The summed E-state index contributed by atoms with van der Waals surface area (Å²) in [4.78, 5) is 26.0. The summed E-state index contributed by atoms with van der Waals surface area (Å²) in [5.41, 5.74) is -2.75. The molecule has 2 aliphatic carbocycles. The fourth-order valence-corrected chi connectivity index (χ4v) is 8.02. The van der Waals surface area contributed by atoms with E-state index in [1.165, 1.54) is 6.08 Å². The van der Waals surface area contributed by atoms with Gasteiger partial charge >= 0.3 is 11.9 Å². The molecule has 6 fully saturated rings. The third kappa shape index (κ3) is 2.70. The molecule has 1 unspecified atom stereocenters. The number of hydrogen-bond donors (Lipinski definition) is 5. The minimum Gasteiger partial charge on any atom is -0.459 e. The van der Waals surface area contributed by atoms with E-state index in [0.717, 1.165) is 0 Å². The zero-order chi connectivity index (χ0) is 26.4. The van der Waals surface area contributed by atoms with Gasteiger partial charge in [-0.1, -0.05) is 6.92 Å². The molecule has 7 rings (SSSR count). The largest absolute Gasteiger partial charge is 0.459 e. The maximum absolute atomic E-state index is 13.1. The van der Waals surface area contributed by atoms with Crippen molar-refractivity contribution in [3.63, 3.8) is 0 Å². The van der Waals surface area contributed by atoms with E-state index < -0.39 is 114 Å². The number of carbonyl (C=O) groups excluding carboxylic acids is 2. The maximum Gasteiger partial charge on any atom is 0.331 e. The highest BCUT2D eigenvalue weighted by atomic mass is 16.7. The lowest BCUT2D eigenvalue weighted by Crippen LogP contribution is -2.66. The Bertz CT molecular complexity index is 1090. The first-order valence-electron chi connectivity index (χ1n) is 12.5. The molecule has 5 aliphatic heterocycles. The summed E-state index contributed by atoms with van der Waals surface area (Å²) in [6.07, 6.45) is -11.6. The predicted molar refractivity (Wildman–Crippen MR) is 114 cm³/mol. The third-order valence-corrected chi connectivity index (χ3v) is 9.88. The van der Waals surface area contributed by atoms with E-state index in [-0.39, 0.29) is 0 Å². The molecule has 0 aromatic heterocycles. The van der Waals surface area contributed by atoms with Crippen LogP contribution in [0.1, 0.15) is 20.8 Å². The molecule has 0 amide bonds. The summed E-state index contributed by atoms with van der Waals surface area (Å²) in [7, 11) is 0. The highest BCUT2D eigenvalue weighted by Gasteiger charge is 2.89. The first-order chi connectivity index (χ1) is 17.4. The van der Waals surface area contributed by atoms with Crippen molar-refractivity contribution < 1.29 is 63.5 Å². The monoisotopic (exact) mass is 526 g/mol. The minimum atomic E-state index is -1.65. The topological polar surface area (TPSA) is 197 Å². The Morgan fingerprint density at radius 2 is 1.70 bits per heavy atom. The van der Waals surface area contributed by atoms with Crippen LogP contribution in [0, 0.1) is 16.7 Å². The molecular formula is C24H30O13. The van der Waals surface area contributed by atoms with Gasteiger partial charge in [-0.15, -0.1) is 0 Å². The van der Waals surface area contributed by atoms with E-state index in [4.69, 9.17) is 28.4 Å². The molecule has 0 aromatic carbocycles. The van der Waals surface area contributed by atoms with Gasteiger partial charge in [-0.25, -0.2) is 4.79 Å². The fourth-order valence-electron chi connectivity index (χ4n) is 8.02. The van der Waals surface area contributed by atoms with Crippen LogP contribution in [0.5, 0.6) is 0 Å². The number of rotatable bonds is 4. The number of cyclic esters (lactones) is 1. The van der Waals surface area contributed by atoms with Crippen molar-refractivity contribution in [2.75, 3.05) is 6.61 Å². The molecule has 5 N–H and O–H groups in total. The van der Waals surface area contributed by atoms with Crippen LogP contribution in [0.15, 0.2) is 11.6 Å². The lowest BCUT2D eigenvalue weighted by molar-refractivity contribution is -0.317. The summed E-state index contributed by atoms with van der Waals surface area (Å²) in [6.45, 7) is 4.52. The SMILES string of the molecule is C[C@H](O[C@@H]1O[C@H](CO)[C@@H](O)[C@@H](O)[C@H]1O)[C@H]1OC(=O)C=C2[C@@]13O[C@@H]3[C@H]1OC(=O)[C@]3(C)C1[C@]2(C)[C@H]1O[C@H]1[C@@H]3O. The lowest BCUT2D eigenvalue weighted by atomic mass is 9.46. The molecule has 13 nitrogen and oxygen atoms in total. The van der Waals surface area contributed by atoms with Gasteiger partial charge in [-0.2, -0.15) is 0 Å². The molecule has 4 saturated heterocycles. The number of epoxide rings is 2. The molecule has 1 spiro atoms. The van der Waals surface area contributed by atoms with E-state index in [0.29, 0.717) is 5.57 Å². The smallest absolute Gasteiger partial charge is 0.331 e. The maximum atomic E-state index is 13.1. The van der Waals surface area contributed by atoms with Crippen molar-refractivity contribution in [1.82, 2.24) is 0 Å². The molecule has 0 radical (unpaired) electrons. The van der Waals surface area contributed by atoms with Crippen LogP contribution in [0.25, 0.3) is 0 Å². The van der Waals surface area contributed by atoms with Gasteiger partial charge in [0.05, 0.1) is 24.9 Å². The summed E-state index contributed by atoms with van der Waals surface area (Å²) >= 11 is 0. The third-order valence-electron chi connectivity index (χ3n) is 9.88. The molecule has 2 saturated carbocycles. The van der Waals surface area contributed by atoms with E-state index in [9.17, 15) is 35.1 Å². The van der Waals surface area contributed by atoms with Crippen molar-refractivity contribution in [3.05, 3.63) is 11.6 Å². The molecular weight excluding hydrogens is 496 g/mol. The van der Waals surface area contributed by atoms with Gasteiger partial charge in [-0.05, 0) is 19.4 Å². The van der Waals surface area contributed by atoms with E-state index >= 15 is 0 Å². The minimum absolute atomic E-state index is 0.459. The van der Waals surface area contributed by atoms with Crippen molar-refractivity contribution in [3.8, 4) is 0 Å². The fraction of sp³-hybridized carbons (Fsp3) is 0.833. The number of carbonyl (C=O) groups is 2. The zero-order valence-corrected chi connectivity index (χ0v) is 20.3. The highest BCUT2D eigenvalue weighted by Crippen LogP contribution is 2.75. The Labute approximate surface area is 210 Å². The van der Waals surface area contributed by atoms with Crippen LogP contribution in [-0.2, 0) is 38.0 Å². The van der Waals surface area contributed by atoms with Crippen LogP contribution in [-0.4, -0.2) is 123 Å². The van der Waals surface area contributed by atoms with Crippen LogP contribution < -0.4 is 0 Å². The molecule has 204 valence electrons. The number of aliphatic hydroxyl groups excluding tert-OH is 5. The van der Waals surface area contributed by atoms with Crippen molar-refractivity contribution in [2.45, 2.75) is 99.8 Å². The van der Waals surface area contributed by atoms with Gasteiger partial charge in [0.2, 0.25) is 0 Å². The molecule has 13 heteroatoms. The lowest BCUT2D eigenvalue weighted by Gasteiger charge is -2.53. The van der Waals surface area contributed by atoms with Gasteiger partial charge in [0.25, 0.3) is 0 Å². The number of fused-ring (bicyclic) bond motifs is 4. The summed E-state index contributed by atoms with van der Waals surface area (Å²) in [5.74, 6) is -1.71. The average Bonchev–Trinajstić information content (AvgIpc) is 3.77. The van der Waals surface area contributed by atoms with E-state index in [1.807, 2.05) is 6.92 Å². The van der Waals surface area contributed by atoms with Crippen molar-refractivity contribution in [2.24, 2.45) is 16.7 Å². The van der Waals surface area contributed by atoms with Gasteiger partial charge in [-0.3, -0.25) is 4.79 Å². The van der Waals surface area contributed by atoms with E-state index in [1.54, 1.807) is 13.8 Å². The summed E-state index contributed by atoms with van der Waals surface area (Å²) in [6, 6.07) is 0. The first-order valence-corrected chi connectivity index (χ1v) is 12.5. The Balaban J connectivity index is 1.24. The Hall–Kier alpha value is -1.68. The second-order valence-corrected chi connectivity index (χ2v) is 11.7. The van der Waals surface area contributed by atoms with Gasteiger partial charge in [0.15, 0.2) is 18.0 Å². The Morgan fingerprint density at radius 3 is 2.41 bits per heavy atom. The van der Waals surface area contributed by atoms with Crippen molar-refractivity contribution in [1.29, 1.82) is 0 Å². The molecule has 5 heterocycles. The summed E-state index contributed by atoms with van der Waals surface area (Å²) < 4.78 is 35.0. The van der Waals surface area contributed by atoms with E-state index in [2.05, 4.69) is 0 Å². The van der Waals surface area contributed by atoms with Crippen LogP contribution in [0.2, 0.25) is 0 Å². The molecule has 16 atom stereocenters. The number of hydrogen-bond acceptors (Lipinski definition) is 13. The molecule has 37 heavy (non-hydrogen) atoms. The van der Waals surface area contributed by atoms with Gasteiger partial charge in [0, 0.05) is 17.4 Å². The highest BCUT2D eigenvalue weighted by molar-refractivity contribution is 5.88. The van der Waals surface area contributed by atoms with Crippen molar-refractivity contribution >= 4 is 11.9 Å². The summed E-state index contributed by atoms with van der Waals surface area (Å²) in [5, 5.41) is 51.1. The van der Waals surface area contributed by atoms with Crippen LogP contribution in [0.3, 0.4) is 0 Å². The molecule has 0 aromatic rings. The number of aliphatic hydroxyl groups is 5. The predicted octanol–water partition coefficient (Wildman–Crippen LogP) is -3.11. The molecule has 0 bridgehead atoms. The van der Waals surface area contributed by atoms with Gasteiger partial charge < -0.3 is 54.0 Å². The Morgan fingerprint density at radius 1 is 0.973 bits per heavy atom. The second-order valence-electron chi connectivity index (χ2n) is 11.7. The second kappa shape index (κ2) is 7.29. The number of esters is 2. The quantitative estimate of drug-likeness (QED) is 0.182. The first kappa shape index (κ1) is 24.4.